The van der Waals surface area contributed by atoms with Crippen LogP contribution >= 0.6 is 11.6 Å². The molecule has 2 atom stereocenters. The van der Waals surface area contributed by atoms with E-state index in [0.29, 0.717) is 97.7 Å². The fraction of sp³-hybridized carbons (Fsp3) is 0.561. The highest BCUT2D eigenvalue weighted by Gasteiger charge is 2.30. The maximum atomic E-state index is 13.5. The first-order valence-electron chi connectivity index (χ1n) is 27.6. The Hall–Kier alpha value is -7.16. The molecule has 2 fully saturated rings. The quantitative estimate of drug-likeness (QED) is 0.0307. The molecule has 0 bridgehead atoms. The van der Waals surface area contributed by atoms with Crippen molar-refractivity contribution in [1.29, 1.82) is 0 Å². The molecular weight excluding hydrogens is 1030 g/mol. The van der Waals surface area contributed by atoms with Gasteiger partial charge in [0.05, 0.1) is 18.1 Å². The number of amides is 3. The van der Waals surface area contributed by atoms with Crippen molar-refractivity contribution in [3.8, 4) is 11.5 Å². The van der Waals surface area contributed by atoms with Gasteiger partial charge in [-0.05, 0) is 143 Å². The Balaban J connectivity index is 0.000000295. The van der Waals surface area contributed by atoms with E-state index in [1.54, 1.807) is 67.2 Å². The minimum atomic E-state index is -0.844. The fourth-order valence-corrected chi connectivity index (χ4v) is 8.62. The van der Waals surface area contributed by atoms with Crippen LogP contribution in [0.3, 0.4) is 0 Å². The van der Waals surface area contributed by atoms with Gasteiger partial charge in [-0.15, -0.1) is 11.6 Å². The number of nitrogens with one attached hydrogen (secondary N) is 3. The third-order valence-electron chi connectivity index (χ3n) is 12.6. The van der Waals surface area contributed by atoms with Crippen LogP contribution in [0.1, 0.15) is 125 Å². The van der Waals surface area contributed by atoms with Gasteiger partial charge in [0.25, 0.3) is 0 Å². The summed E-state index contributed by atoms with van der Waals surface area (Å²) >= 11 is 5.77. The van der Waals surface area contributed by atoms with E-state index < -0.39 is 35.2 Å². The van der Waals surface area contributed by atoms with Crippen molar-refractivity contribution < 1.29 is 42.9 Å². The summed E-state index contributed by atoms with van der Waals surface area (Å²) in [6.07, 6.45) is 8.62. The maximum absolute atomic E-state index is 13.5. The van der Waals surface area contributed by atoms with Crippen LogP contribution < -0.4 is 41.0 Å². The number of rotatable bonds is 23. The molecule has 432 valence electrons. The first kappa shape index (κ1) is 62.7. The van der Waals surface area contributed by atoms with Crippen molar-refractivity contribution in [3.63, 3.8) is 0 Å². The lowest BCUT2D eigenvalue weighted by Gasteiger charge is -2.26. The summed E-state index contributed by atoms with van der Waals surface area (Å²) in [4.78, 5) is 89.3. The zero-order chi connectivity index (χ0) is 57.7. The summed E-state index contributed by atoms with van der Waals surface area (Å²) in [5, 5.41) is 9.30. The Morgan fingerprint density at radius 3 is 1.43 bits per heavy atom. The second-order valence-electron chi connectivity index (χ2n) is 21.2. The van der Waals surface area contributed by atoms with Gasteiger partial charge in [0, 0.05) is 77.5 Å². The number of unbranched alkanes of at least 4 members (excludes halogenated alkanes) is 1. The summed E-state index contributed by atoms with van der Waals surface area (Å²) in [7, 11) is 0. The Morgan fingerprint density at radius 1 is 0.620 bits per heavy atom. The molecule has 2 aliphatic rings. The number of carbonyl (C=O) groups excluding carboxylic acids is 5. The van der Waals surface area contributed by atoms with Gasteiger partial charge < -0.3 is 60.2 Å². The van der Waals surface area contributed by atoms with Crippen LogP contribution in [0.15, 0.2) is 60.9 Å². The Labute approximate surface area is 471 Å². The molecule has 4 heterocycles. The van der Waals surface area contributed by atoms with E-state index in [1.165, 1.54) is 0 Å². The minimum absolute atomic E-state index is 0.194. The zero-order valence-electron chi connectivity index (χ0n) is 47.9. The lowest BCUT2D eigenvalue weighted by atomic mass is 10.0. The van der Waals surface area contributed by atoms with Crippen LogP contribution in [0.4, 0.5) is 44.5 Å². The molecule has 2 aromatic heterocycles. The summed E-state index contributed by atoms with van der Waals surface area (Å²) in [6, 6.07) is 12.6. The number of halogens is 1. The van der Waals surface area contributed by atoms with Gasteiger partial charge in [-0.2, -0.15) is 9.97 Å². The van der Waals surface area contributed by atoms with Crippen molar-refractivity contribution in [3.05, 3.63) is 72.1 Å². The lowest BCUT2D eigenvalue weighted by molar-refractivity contribution is -0.156. The Morgan fingerprint density at radius 2 is 1.03 bits per heavy atom. The number of benzene rings is 2. The standard InChI is InChI=1S/C31H45ClN6O5.C26H38N6O4/c1-6-37(7-2)29-33-21-25(34-26(39)12-8-9-17-32)27(36-29)35-24(28(40)43-31(3,4)5)20-22-13-15-23(16-14-22)42-30(41)38-18-10-11-19-38;1-6-31(7-2)24-28-17-20(27)22(30-24)29-21(23(33)36-26(3,4)5)16-18-10-12-19(13-11-18)35-25(34)32-14-8-9-15-32/h13-16,21,24H,6-12,17-20H2,1-5H3,(H,34,39)(H,33,35,36);10-13,17,21H,6-9,14-16,27H2,1-5H3,(H,28,29,30)/t24-;21-/m00/s1. The second-order valence-corrected chi connectivity index (χ2v) is 21.6. The first-order valence-corrected chi connectivity index (χ1v) is 28.1. The number of nitrogens with two attached hydrogens (primary N) is 1. The van der Waals surface area contributed by atoms with Gasteiger partial charge in [-0.3, -0.25) is 4.79 Å². The molecule has 5 N–H and O–H groups in total. The van der Waals surface area contributed by atoms with E-state index in [4.69, 9.17) is 41.3 Å². The van der Waals surface area contributed by atoms with Crippen LogP contribution in [-0.2, 0) is 36.7 Å². The number of hydrogen-bond acceptors (Lipinski definition) is 18. The van der Waals surface area contributed by atoms with E-state index in [-0.39, 0.29) is 24.5 Å². The van der Waals surface area contributed by atoms with E-state index >= 15 is 0 Å². The van der Waals surface area contributed by atoms with Crippen molar-refractivity contribution in [2.24, 2.45) is 0 Å². The minimum Gasteiger partial charge on any atom is -0.458 e. The zero-order valence-corrected chi connectivity index (χ0v) is 48.6. The number of esters is 2. The molecule has 0 radical (unpaired) electrons. The van der Waals surface area contributed by atoms with Crippen LogP contribution in [0, 0.1) is 0 Å². The smallest absolute Gasteiger partial charge is 0.415 e. The number of likely N-dealkylation sites (tertiary alicyclic amines) is 2. The average Bonchev–Trinajstić information content (AvgIpc) is 4.20. The van der Waals surface area contributed by atoms with E-state index in [2.05, 4.69) is 30.9 Å². The fourth-order valence-electron chi connectivity index (χ4n) is 8.43. The Bertz CT molecular complexity index is 2590. The summed E-state index contributed by atoms with van der Waals surface area (Å²) in [6.45, 7) is 24.6. The number of nitrogens with zero attached hydrogens (tertiary/aromatic N) is 8. The normalized spacial score (nSPS) is 14.0. The van der Waals surface area contributed by atoms with Crippen molar-refractivity contribution in [2.75, 3.05) is 89.7 Å². The molecule has 0 spiro atoms. The molecule has 2 aromatic carbocycles. The SMILES string of the molecule is CCN(CC)c1ncc(N)c(N[C@@H](Cc2ccc(OC(=O)N3CCCC3)cc2)C(=O)OC(C)(C)C)n1.CCN(CC)c1ncc(NC(=O)CCCCCl)c(N[C@@H](Cc2ccc(OC(=O)N3CCCC3)cc2)C(=O)OC(C)(C)C)n1. The van der Waals surface area contributed by atoms with Gasteiger partial charge in [0.15, 0.2) is 11.6 Å². The predicted octanol–water partition coefficient (Wildman–Crippen LogP) is 9.49. The van der Waals surface area contributed by atoms with Crippen LogP contribution in [0.5, 0.6) is 11.5 Å². The summed E-state index contributed by atoms with van der Waals surface area (Å²) in [5.41, 5.74) is 7.14. The molecule has 6 rings (SSSR count). The molecule has 2 saturated heterocycles. The maximum Gasteiger partial charge on any atom is 0.415 e. The number of hydrogen-bond donors (Lipinski definition) is 4. The third-order valence-corrected chi connectivity index (χ3v) is 12.9. The number of carbonyl (C=O) groups is 5. The van der Waals surface area contributed by atoms with E-state index in [0.717, 1.165) is 69.4 Å². The molecule has 0 unspecified atom stereocenters. The molecule has 79 heavy (non-hydrogen) atoms. The van der Waals surface area contributed by atoms with Crippen molar-refractivity contribution in [2.45, 2.75) is 150 Å². The number of ether oxygens (including phenoxy) is 4. The number of anilines is 6. The van der Waals surface area contributed by atoms with Crippen molar-refractivity contribution >= 4 is 76.5 Å². The molecule has 0 aliphatic carbocycles. The van der Waals surface area contributed by atoms with Gasteiger partial charge in [0.1, 0.15) is 40.5 Å². The van der Waals surface area contributed by atoms with Gasteiger partial charge in [0.2, 0.25) is 17.8 Å². The molecule has 3 amide bonds. The number of aromatic nitrogens is 4. The molecular formula is C57H83ClN12O9. The van der Waals surface area contributed by atoms with Gasteiger partial charge in [-0.1, -0.05) is 24.3 Å². The van der Waals surface area contributed by atoms with E-state index in [9.17, 15) is 24.0 Å². The van der Waals surface area contributed by atoms with Gasteiger partial charge >= 0.3 is 24.1 Å². The lowest BCUT2D eigenvalue weighted by Crippen LogP contribution is -2.38. The molecule has 2 aliphatic heterocycles. The second kappa shape index (κ2) is 30.3. The van der Waals surface area contributed by atoms with Crippen LogP contribution in [0.2, 0.25) is 0 Å². The number of nitrogen functional groups attached to an aromatic ring is 1. The van der Waals surface area contributed by atoms with E-state index in [1.807, 2.05) is 82.5 Å². The summed E-state index contributed by atoms with van der Waals surface area (Å²) < 4.78 is 22.4. The average molecular weight is 1120 g/mol. The first-order chi connectivity index (χ1) is 37.6. The van der Waals surface area contributed by atoms with Crippen LogP contribution in [-0.4, -0.2) is 141 Å². The summed E-state index contributed by atoms with van der Waals surface area (Å²) in [5.74, 6) is 1.98. The highest BCUT2D eigenvalue weighted by Crippen LogP contribution is 2.27. The van der Waals surface area contributed by atoms with Crippen molar-refractivity contribution in [1.82, 2.24) is 29.7 Å². The molecule has 21 nitrogen and oxygen atoms in total. The number of alkyl halides is 1. The third kappa shape index (κ3) is 20.5. The predicted molar refractivity (Wildman–Crippen MR) is 309 cm³/mol. The largest absolute Gasteiger partial charge is 0.458 e. The molecule has 0 saturated carbocycles. The molecule has 22 heteroatoms. The topological polar surface area (TPSA) is 249 Å². The molecule has 4 aromatic rings. The highest BCUT2D eigenvalue weighted by atomic mass is 35.5. The van der Waals surface area contributed by atoms with Gasteiger partial charge in [-0.25, -0.2) is 29.1 Å². The Kier molecular flexibility index (Phi) is 24.0. The highest BCUT2D eigenvalue weighted by molar-refractivity contribution is 6.17. The monoisotopic (exact) mass is 1110 g/mol. The van der Waals surface area contributed by atoms with Crippen LogP contribution in [0.25, 0.3) is 0 Å².